The number of rotatable bonds is 8. The zero-order valence-electron chi connectivity index (χ0n) is 16.6. The van der Waals surface area contributed by atoms with Gasteiger partial charge in [0.05, 0.1) is 17.7 Å². The second-order valence-electron chi connectivity index (χ2n) is 6.70. The van der Waals surface area contributed by atoms with E-state index in [9.17, 15) is 17.6 Å². The van der Waals surface area contributed by atoms with Crippen molar-refractivity contribution in [2.75, 3.05) is 6.54 Å². The Hall–Kier alpha value is -2.59. The van der Waals surface area contributed by atoms with Crippen LogP contribution in [0.3, 0.4) is 0 Å². The highest BCUT2D eigenvalue weighted by molar-refractivity contribution is 9.10. The highest BCUT2D eigenvalue weighted by atomic mass is 79.9. The van der Waals surface area contributed by atoms with Crippen LogP contribution in [0.4, 0.5) is 4.39 Å². The molecule has 0 aliphatic heterocycles. The van der Waals surface area contributed by atoms with Crippen molar-refractivity contribution >= 4 is 49.7 Å². The van der Waals surface area contributed by atoms with Gasteiger partial charge in [0.25, 0.3) is 5.91 Å². The number of amides is 1. The van der Waals surface area contributed by atoms with E-state index in [4.69, 9.17) is 11.6 Å². The van der Waals surface area contributed by atoms with Crippen molar-refractivity contribution in [3.8, 4) is 0 Å². The molecule has 166 valence electrons. The first-order valence-corrected chi connectivity index (χ1v) is 11.9. The second kappa shape index (κ2) is 10.8. The fraction of sp³-hybridized carbons (Fsp3) is 0.0909. The standard InChI is InChI=1S/C22H18BrClFN3O3S/c23-18-6-10-21(11-7-18)32(30,31)28(14-16-4-8-19(24)9-5-16)15-22(29)27-26-13-17-2-1-3-20(25)12-17/h1-13H,14-15H2,(H,27,29)/b26-13-. The molecule has 3 aromatic rings. The highest BCUT2D eigenvalue weighted by Gasteiger charge is 2.27. The number of hydrazone groups is 1. The largest absolute Gasteiger partial charge is 0.272 e. The summed E-state index contributed by atoms with van der Waals surface area (Å²) in [7, 11) is -3.99. The smallest absolute Gasteiger partial charge is 0.255 e. The number of carbonyl (C=O) groups is 1. The average molecular weight is 539 g/mol. The van der Waals surface area contributed by atoms with Gasteiger partial charge < -0.3 is 0 Å². The Balaban J connectivity index is 1.79. The summed E-state index contributed by atoms with van der Waals surface area (Å²) in [4.78, 5) is 12.5. The summed E-state index contributed by atoms with van der Waals surface area (Å²) in [5, 5.41) is 4.30. The molecule has 0 spiro atoms. The summed E-state index contributed by atoms with van der Waals surface area (Å²) in [5.41, 5.74) is 3.39. The quantitative estimate of drug-likeness (QED) is 0.337. The third-order valence-electron chi connectivity index (χ3n) is 4.30. The van der Waals surface area contributed by atoms with Crippen LogP contribution in [-0.4, -0.2) is 31.4 Å². The molecule has 10 heteroatoms. The molecular formula is C22H18BrClFN3O3S. The van der Waals surface area contributed by atoms with Crippen LogP contribution < -0.4 is 5.43 Å². The van der Waals surface area contributed by atoms with Crippen molar-refractivity contribution in [2.24, 2.45) is 5.10 Å². The van der Waals surface area contributed by atoms with E-state index in [-0.39, 0.29) is 11.4 Å². The van der Waals surface area contributed by atoms with Gasteiger partial charge >= 0.3 is 0 Å². The molecule has 0 atom stereocenters. The Kier molecular flexibility index (Phi) is 8.14. The summed E-state index contributed by atoms with van der Waals surface area (Å²) in [5.74, 6) is -1.08. The van der Waals surface area contributed by atoms with Crippen molar-refractivity contribution in [1.29, 1.82) is 0 Å². The van der Waals surface area contributed by atoms with Gasteiger partial charge in [-0.2, -0.15) is 9.41 Å². The van der Waals surface area contributed by atoms with Gasteiger partial charge in [-0.3, -0.25) is 4.79 Å². The lowest BCUT2D eigenvalue weighted by Gasteiger charge is -2.21. The third-order valence-corrected chi connectivity index (χ3v) is 6.88. The number of nitrogens with zero attached hydrogens (tertiary/aromatic N) is 2. The van der Waals surface area contributed by atoms with Crippen LogP contribution in [0.15, 0.2) is 87.3 Å². The molecule has 0 saturated carbocycles. The summed E-state index contributed by atoms with van der Waals surface area (Å²) in [6.45, 7) is -0.516. The minimum Gasteiger partial charge on any atom is -0.272 e. The number of halogens is 3. The van der Waals surface area contributed by atoms with Crippen LogP contribution >= 0.6 is 27.5 Å². The highest BCUT2D eigenvalue weighted by Crippen LogP contribution is 2.21. The minimum absolute atomic E-state index is 0.0450. The first-order chi connectivity index (χ1) is 15.2. The average Bonchev–Trinajstić information content (AvgIpc) is 2.75. The van der Waals surface area contributed by atoms with Gasteiger partial charge in [-0.05, 0) is 59.7 Å². The predicted octanol–water partition coefficient (Wildman–Crippen LogP) is 4.58. The monoisotopic (exact) mass is 537 g/mol. The van der Waals surface area contributed by atoms with E-state index in [0.29, 0.717) is 16.1 Å². The molecule has 32 heavy (non-hydrogen) atoms. The molecule has 0 unspecified atom stereocenters. The second-order valence-corrected chi connectivity index (χ2v) is 9.99. The molecule has 0 radical (unpaired) electrons. The summed E-state index contributed by atoms with van der Waals surface area (Å²) in [6.07, 6.45) is 1.27. The molecule has 3 aromatic carbocycles. The molecule has 0 aliphatic carbocycles. The van der Waals surface area contributed by atoms with Gasteiger partial charge in [-0.25, -0.2) is 18.2 Å². The van der Waals surface area contributed by atoms with Gasteiger partial charge in [0.1, 0.15) is 5.82 Å². The molecule has 0 saturated heterocycles. The van der Waals surface area contributed by atoms with Gasteiger partial charge in [-0.1, -0.05) is 51.8 Å². The van der Waals surface area contributed by atoms with Crippen molar-refractivity contribution < 1.29 is 17.6 Å². The number of carbonyl (C=O) groups excluding carboxylic acids is 1. The van der Waals surface area contributed by atoms with Crippen molar-refractivity contribution in [3.63, 3.8) is 0 Å². The molecule has 0 fully saturated rings. The summed E-state index contributed by atoms with van der Waals surface area (Å²) in [6, 6.07) is 18.4. The Morgan fingerprint density at radius 3 is 2.44 bits per heavy atom. The maximum Gasteiger partial charge on any atom is 0.255 e. The predicted molar refractivity (Wildman–Crippen MR) is 125 cm³/mol. The van der Waals surface area contributed by atoms with Crippen LogP contribution in [0.1, 0.15) is 11.1 Å². The van der Waals surface area contributed by atoms with E-state index in [1.54, 1.807) is 42.5 Å². The molecule has 3 rings (SSSR count). The Morgan fingerprint density at radius 1 is 1.09 bits per heavy atom. The Labute approximate surface area is 198 Å². The van der Waals surface area contributed by atoms with Gasteiger partial charge in [0.15, 0.2) is 0 Å². The SMILES string of the molecule is O=C(CN(Cc1ccc(Cl)cc1)S(=O)(=O)c1ccc(Br)cc1)N/N=C\c1cccc(F)c1. The van der Waals surface area contributed by atoms with Crippen LogP contribution in [0.5, 0.6) is 0 Å². The number of hydrogen-bond donors (Lipinski definition) is 1. The molecule has 0 heterocycles. The van der Waals surface area contributed by atoms with E-state index < -0.39 is 28.3 Å². The van der Waals surface area contributed by atoms with Gasteiger partial charge in [-0.15, -0.1) is 0 Å². The molecule has 1 N–H and O–H groups in total. The van der Waals surface area contributed by atoms with E-state index in [1.165, 1.54) is 36.5 Å². The number of benzene rings is 3. The lowest BCUT2D eigenvalue weighted by molar-refractivity contribution is -0.121. The van der Waals surface area contributed by atoms with E-state index in [1.807, 2.05) is 0 Å². The summed E-state index contributed by atoms with van der Waals surface area (Å²) >= 11 is 9.19. The molecular weight excluding hydrogens is 521 g/mol. The van der Waals surface area contributed by atoms with Crippen LogP contribution in [0.25, 0.3) is 0 Å². The fourth-order valence-electron chi connectivity index (χ4n) is 2.74. The van der Waals surface area contributed by atoms with Gasteiger partial charge in [0.2, 0.25) is 10.0 Å². The molecule has 0 bridgehead atoms. The molecule has 0 aromatic heterocycles. The maximum absolute atomic E-state index is 13.2. The van der Waals surface area contributed by atoms with E-state index in [0.717, 1.165) is 8.78 Å². The number of nitrogens with one attached hydrogen (secondary N) is 1. The lowest BCUT2D eigenvalue weighted by Crippen LogP contribution is -2.39. The minimum atomic E-state index is -3.99. The number of sulfonamides is 1. The Bertz CT molecular complexity index is 1220. The number of hydrogen-bond acceptors (Lipinski definition) is 4. The first-order valence-electron chi connectivity index (χ1n) is 9.32. The molecule has 6 nitrogen and oxygen atoms in total. The van der Waals surface area contributed by atoms with E-state index in [2.05, 4.69) is 26.5 Å². The van der Waals surface area contributed by atoms with Crippen LogP contribution in [-0.2, 0) is 21.4 Å². The zero-order valence-corrected chi connectivity index (χ0v) is 19.7. The van der Waals surface area contributed by atoms with Crippen molar-refractivity contribution in [3.05, 3.63) is 99.2 Å². The summed E-state index contributed by atoms with van der Waals surface area (Å²) < 4.78 is 41.4. The van der Waals surface area contributed by atoms with Gasteiger partial charge in [0, 0.05) is 16.0 Å². The normalized spacial score (nSPS) is 11.8. The van der Waals surface area contributed by atoms with Crippen molar-refractivity contribution in [1.82, 2.24) is 9.73 Å². The fourth-order valence-corrected chi connectivity index (χ4v) is 4.51. The Morgan fingerprint density at radius 2 is 1.78 bits per heavy atom. The van der Waals surface area contributed by atoms with Crippen LogP contribution in [0.2, 0.25) is 5.02 Å². The zero-order chi connectivity index (χ0) is 23.1. The molecule has 0 aliphatic rings. The third kappa shape index (κ3) is 6.70. The van der Waals surface area contributed by atoms with Crippen LogP contribution in [0, 0.1) is 5.82 Å². The maximum atomic E-state index is 13.2. The first kappa shape index (κ1) is 24.1. The topological polar surface area (TPSA) is 78.8 Å². The van der Waals surface area contributed by atoms with E-state index >= 15 is 0 Å². The molecule has 1 amide bonds. The van der Waals surface area contributed by atoms with Crippen molar-refractivity contribution in [2.45, 2.75) is 11.4 Å². The lowest BCUT2D eigenvalue weighted by atomic mass is 10.2.